The highest BCUT2D eigenvalue weighted by atomic mass is 32.2. The van der Waals surface area contributed by atoms with Crippen molar-refractivity contribution in [2.45, 2.75) is 24.8 Å². The Morgan fingerprint density at radius 3 is 2.62 bits per heavy atom. The van der Waals surface area contributed by atoms with Gasteiger partial charge in [-0.1, -0.05) is 29.8 Å². The maximum atomic E-state index is 13.0. The fraction of sp³-hybridized carbons (Fsp3) is 0.333. The molecule has 4 rings (SSSR count). The second kappa shape index (κ2) is 8.06. The van der Waals surface area contributed by atoms with Gasteiger partial charge in [-0.3, -0.25) is 4.79 Å². The fourth-order valence-electron chi connectivity index (χ4n) is 3.76. The maximum Gasteiger partial charge on any atom is 0.258 e. The first-order valence-corrected chi connectivity index (χ1v) is 11.3. The van der Waals surface area contributed by atoms with Gasteiger partial charge in [-0.25, -0.2) is 13.4 Å². The van der Waals surface area contributed by atoms with E-state index in [1.807, 2.05) is 37.3 Å². The molecule has 1 aromatic heterocycles. The van der Waals surface area contributed by atoms with Crippen LogP contribution >= 0.6 is 0 Å². The molecule has 1 fully saturated rings. The van der Waals surface area contributed by atoms with Crippen LogP contribution in [0, 0.1) is 6.92 Å². The average molecular weight is 414 g/mol. The second-order valence-electron chi connectivity index (χ2n) is 7.53. The predicted octanol–water partition coefficient (Wildman–Crippen LogP) is 0.711. The number of fused-ring (bicyclic) bond motifs is 1. The average Bonchev–Trinajstić information content (AvgIpc) is 2.94. The molecular formula is C21H25N4O3S+. The van der Waals surface area contributed by atoms with Crippen molar-refractivity contribution >= 4 is 20.9 Å². The van der Waals surface area contributed by atoms with Gasteiger partial charge in [0.1, 0.15) is 6.54 Å². The summed E-state index contributed by atoms with van der Waals surface area (Å²) < 4.78 is 27.5. The van der Waals surface area contributed by atoms with Crippen LogP contribution < -0.4 is 10.5 Å². The van der Waals surface area contributed by atoms with E-state index in [1.165, 1.54) is 4.90 Å². The Balaban J connectivity index is 1.48. The van der Waals surface area contributed by atoms with Gasteiger partial charge in [0.05, 0.1) is 35.4 Å². The Bertz CT molecular complexity index is 1170. The van der Waals surface area contributed by atoms with Crippen LogP contribution in [0.15, 0.2) is 58.2 Å². The topological polar surface area (TPSA) is 87.6 Å². The first-order valence-electron chi connectivity index (χ1n) is 9.82. The summed E-state index contributed by atoms with van der Waals surface area (Å²) in [7, 11) is -3.49. The summed E-state index contributed by atoms with van der Waals surface area (Å²) in [6.07, 6.45) is 0.762. The van der Waals surface area contributed by atoms with Crippen LogP contribution in [0.2, 0.25) is 0 Å². The highest BCUT2D eigenvalue weighted by Crippen LogP contribution is 2.16. The van der Waals surface area contributed by atoms with E-state index in [-0.39, 0.29) is 5.56 Å². The third-order valence-electron chi connectivity index (χ3n) is 5.39. The zero-order valence-electron chi connectivity index (χ0n) is 16.4. The number of rotatable bonds is 4. The van der Waals surface area contributed by atoms with Crippen molar-refractivity contribution in [3.63, 3.8) is 0 Å². The van der Waals surface area contributed by atoms with Crippen LogP contribution in [0.25, 0.3) is 10.9 Å². The van der Waals surface area contributed by atoms with Gasteiger partial charge < -0.3 is 9.88 Å². The molecule has 0 spiro atoms. The number of quaternary nitrogens is 1. The Hall–Kier alpha value is -2.55. The van der Waals surface area contributed by atoms with Crippen LogP contribution in [0.5, 0.6) is 0 Å². The number of aromatic amines is 1. The van der Waals surface area contributed by atoms with Gasteiger partial charge in [0.15, 0.2) is 5.82 Å². The van der Waals surface area contributed by atoms with Gasteiger partial charge in [0.2, 0.25) is 10.0 Å². The lowest BCUT2D eigenvalue weighted by molar-refractivity contribution is -0.912. The van der Waals surface area contributed by atoms with Crippen LogP contribution in [0.1, 0.15) is 17.8 Å². The van der Waals surface area contributed by atoms with Crippen molar-refractivity contribution in [2.75, 3.05) is 26.2 Å². The van der Waals surface area contributed by atoms with E-state index in [0.29, 0.717) is 47.8 Å². The lowest BCUT2D eigenvalue weighted by atomic mass is 10.2. The predicted molar refractivity (Wildman–Crippen MR) is 111 cm³/mol. The number of nitrogens with one attached hydrogen (secondary N) is 2. The molecule has 2 aromatic carbocycles. The number of aryl methyl sites for hydroxylation is 1. The summed E-state index contributed by atoms with van der Waals surface area (Å²) in [6, 6.07) is 14.3. The van der Waals surface area contributed by atoms with Crippen molar-refractivity contribution in [2.24, 2.45) is 0 Å². The van der Waals surface area contributed by atoms with Gasteiger partial charge in [-0.2, -0.15) is 4.31 Å². The number of nitrogens with zero attached hydrogens (tertiary/aromatic N) is 2. The summed E-state index contributed by atoms with van der Waals surface area (Å²) in [5.74, 6) is 0.638. The molecule has 7 nitrogen and oxygen atoms in total. The summed E-state index contributed by atoms with van der Waals surface area (Å²) in [6.45, 7) is 4.95. The lowest BCUT2D eigenvalue weighted by Gasteiger charge is -2.20. The zero-order chi connectivity index (χ0) is 20.4. The quantitative estimate of drug-likeness (QED) is 0.660. The first kappa shape index (κ1) is 19.8. The molecule has 2 N–H and O–H groups in total. The Kier molecular flexibility index (Phi) is 5.49. The normalized spacial score (nSPS) is 18.6. The molecule has 1 atom stereocenters. The molecule has 0 radical (unpaired) electrons. The molecule has 0 saturated carbocycles. The molecule has 0 aliphatic carbocycles. The Labute approximate surface area is 170 Å². The molecule has 0 bridgehead atoms. The number of hydrogen-bond donors (Lipinski definition) is 2. The molecule has 1 saturated heterocycles. The second-order valence-corrected chi connectivity index (χ2v) is 9.47. The first-order chi connectivity index (χ1) is 13.9. The largest absolute Gasteiger partial charge is 0.328 e. The molecule has 2 heterocycles. The molecule has 3 aromatic rings. The van der Waals surface area contributed by atoms with Crippen LogP contribution in [-0.4, -0.2) is 48.9 Å². The van der Waals surface area contributed by atoms with E-state index in [1.54, 1.807) is 22.5 Å². The third-order valence-corrected chi connectivity index (χ3v) is 7.30. The lowest BCUT2D eigenvalue weighted by Crippen LogP contribution is -3.11. The van der Waals surface area contributed by atoms with Gasteiger partial charge in [0.25, 0.3) is 5.56 Å². The molecule has 0 amide bonds. The van der Waals surface area contributed by atoms with E-state index >= 15 is 0 Å². The molecule has 29 heavy (non-hydrogen) atoms. The molecular weight excluding hydrogens is 388 g/mol. The summed E-state index contributed by atoms with van der Waals surface area (Å²) in [4.78, 5) is 21.3. The van der Waals surface area contributed by atoms with E-state index < -0.39 is 10.0 Å². The molecule has 8 heteroatoms. The van der Waals surface area contributed by atoms with Crippen molar-refractivity contribution in [1.82, 2.24) is 14.3 Å². The van der Waals surface area contributed by atoms with Crippen LogP contribution in [-0.2, 0) is 16.6 Å². The highest BCUT2D eigenvalue weighted by Gasteiger charge is 2.28. The van der Waals surface area contributed by atoms with Gasteiger partial charge >= 0.3 is 0 Å². The highest BCUT2D eigenvalue weighted by molar-refractivity contribution is 7.89. The number of sulfonamides is 1. The van der Waals surface area contributed by atoms with Crippen molar-refractivity contribution in [3.8, 4) is 0 Å². The number of H-pyrrole nitrogens is 1. The van der Waals surface area contributed by atoms with Crippen molar-refractivity contribution in [3.05, 3.63) is 70.3 Å². The summed E-state index contributed by atoms with van der Waals surface area (Å²) >= 11 is 0. The summed E-state index contributed by atoms with van der Waals surface area (Å²) in [5, 5.41) is 0.581. The molecule has 1 unspecified atom stereocenters. The Morgan fingerprint density at radius 1 is 1.07 bits per heavy atom. The Morgan fingerprint density at radius 2 is 1.83 bits per heavy atom. The maximum absolute atomic E-state index is 13.0. The van der Waals surface area contributed by atoms with Gasteiger partial charge in [-0.05, 0) is 31.2 Å². The molecule has 152 valence electrons. The standard InChI is InChI=1S/C21H24N4O3S/c1-16-7-9-17(10-8-16)29(27,28)25-12-4-11-24(13-14-25)15-20-22-19-6-3-2-5-18(19)21(26)23-20/h2-3,5-10H,4,11-15H2,1H3,(H,22,23,26)/p+1. The molecule has 1 aliphatic rings. The minimum absolute atomic E-state index is 0.136. The van der Waals surface area contributed by atoms with E-state index in [4.69, 9.17) is 0 Å². The fourth-order valence-corrected chi connectivity index (χ4v) is 5.24. The van der Waals surface area contributed by atoms with Crippen molar-refractivity contribution < 1.29 is 13.3 Å². The number of benzene rings is 2. The number of hydrogen-bond acceptors (Lipinski definition) is 4. The van der Waals surface area contributed by atoms with Crippen LogP contribution in [0.3, 0.4) is 0 Å². The van der Waals surface area contributed by atoms with Crippen LogP contribution in [0.4, 0.5) is 0 Å². The summed E-state index contributed by atoms with van der Waals surface area (Å²) in [5.41, 5.74) is 1.58. The van der Waals surface area contributed by atoms with E-state index in [2.05, 4.69) is 9.97 Å². The van der Waals surface area contributed by atoms with Crippen molar-refractivity contribution in [1.29, 1.82) is 0 Å². The monoisotopic (exact) mass is 413 g/mol. The number of aromatic nitrogens is 2. The SMILES string of the molecule is Cc1ccc(S(=O)(=O)N2CCC[NH+](Cc3nc4ccccc4c(=O)[nH]3)CC2)cc1. The van der Waals surface area contributed by atoms with E-state index in [9.17, 15) is 13.2 Å². The third kappa shape index (κ3) is 4.24. The minimum atomic E-state index is -3.49. The smallest absolute Gasteiger partial charge is 0.258 e. The molecule has 1 aliphatic heterocycles. The van der Waals surface area contributed by atoms with Gasteiger partial charge in [0, 0.05) is 13.0 Å². The van der Waals surface area contributed by atoms with E-state index in [0.717, 1.165) is 18.5 Å². The minimum Gasteiger partial charge on any atom is -0.328 e. The zero-order valence-corrected chi connectivity index (χ0v) is 17.2. The van der Waals surface area contributed by atoms with Gasteiger partial charge in [-0.15, -0.1) is 0 Å². The number of para-hydroxylation sites is 1.